The topological polar surface area (TPSA) is 73.7 Å². The molecular weight excluding hydrogens is 334 g/mol. The molecule has 26 heavy (non-hydrogen) atoms. The lowest BCUT2D eigenvalue weighted by Crippen LogP contribution is -2.43. The Morgan fingerprint density at radius 1 is 1.31 bits per heavy atom. The summed E-state index contributed by atoms with van der Waals surface area (Å²) in [5.74, 6) is 0.646. The maximum atomic E-state index is 12.5. The van der Waals surface area contributed by atoms with Crippen LogP contribution in [0.5, 0.6) is 5.75 Å². The first-order valence-corrected chi connectivity index (χ1v) is 8.55. The Labute approximate surface area is 152 Å². The van der Waals surface area contributed by atoms with Crippen LogP contribution in [0.4, 0.5) is 0 Å². The van der Waals surface area contributed by atoms with Gasteiger partial charge in [-0.2, -0.15) is 0 Å². The summed E-state index contributed by atoms with van der Waals surface area (Å²) < 4.78 is 12.9. The van der Waals surface area contributed by atoms with Gasteiger partial charge in [0.25, 0.3) is 0 Å². The molecule has 7 heteroatoms. The second-order valence-electron chi connectivity index (χ2n) is 6.58. The predicted molar refractivity (Wildman–Crippen MR) is 96.1 cm³/mol. The molecule has 1 atom stereocenters. The zero-order valence-corrected chi connectivity index (χ0v) is 15.1. The Hall–Kier alpha value is -2.67. The summed E-state index contributed by atoms with van der Waals surface area (Å²) in [6.07, 6.45) is 3.66. The zero-order chi connectivity index (χ0) is 18.6. The first-order valence-electron chi connectivity index (χ1n) is 8.55. The lowest BCUT2D eigenvalue weighted by Gasteiger charge is -2.28. The summed E-state index contributed by atoms with van der Waals surface area (Å²) in [6.45, 7) is 3.37. The van der Waals surface area contributed by atoms with Gasteiger partial charge >= 0.3 is 5.69 Å². The van der Waals surface area contributed by atoms with Crippen LogP contribution in [-0.4, -0.2) is 52.8 Å². The van der Waals surface area contributed by atoms with Gasteiger partial charge in [-0.1, -0.05) is 17.7 Å². The van der Waals surface area contributed by atoms with Crippen LogP contribution in [0.1, 0.15) is 12.0 Å². The monoisotopic (exact) mass is 357 g/mol. The Balaban J connectivity index is 1.61. The number of nitrogens with zero attached hydrogens (tertiary/aromatic N) is 3. The lowest BCUT2D eigenvalue weighted by atomic mass is 10.0. The molecule has 1 fully saturated rings. The Morgan fingerprint density at radius 3 is 2.77 bits per heavy atom. The molecule has 1 aliphatic rings. The second-order valence-corrected chi connectivity index (χ2v) is 6.58. The molecule has 1 saturated heterocycles. The molecule has 7 nitrogen and oxygen atoms in total. The normalized spacial score (nSPS) is 19.5. The van der Waals surface area contributed by atoms with Crippen molar-refractivity contribution < 1.29 is 14.3 Å². The van der Waals surface area contributed by atoms with Crippen molar-refractivity contribution in [1.29, 1.82) is 0 Å². The van der Waals surface area contributed by atoms with Crippen molar-refractivity contribution in [2.75, 3.05) is 26.8 Å². The van der Waals surface area contributed by atoms with Crippen LogP contribution in [0.15, 0.2) is 47.5 Å². The number of methoxy groups -OCH3 is 1. The predicted octanol–water partition coefficient (Wildman–Crippen LogP) is 1.25. The van der Waals surface area contributed by atoms with Gasteiger partial charge < -0.3 is 14.4 Å². The van der Waals surface area contributed by atoms with Crippen molar-refractivity contribution in [1.82, 2.24) is 14.5 Å². The van der Waals surface area contributed by atoms with E-state index in [0.29, 0.717) is 26.1 Å². The fourth-order valence-electron chi connectivity index (χ4n) is 3.00. The van der Waals surface area contributed by atoms with Gasteiger partial charge in [-0.05, 0) is 31.5 Å². The van der Waals surface area contributed by atoms with Crippen molar-refractivity contribution in [2.24, 2.45) is 0 Å². The van der Waals surface area contributed by atoms with E-state index in [-0.39, 0.29) is 12.5 Å². The summed E-state index contributed by atoms with van der Waals surface area (Å²) in [4.78, 5) is 29.6. The molecule has 0 bridgehead atoms. The number of aryl methyl sites for hydroxylation is 1. The van der Waals surface area contributed by atoms with E-state index in [4.69, 9.17) is 9.47 Å². The molecule has 0 radical (unpaired) electrons. The standard InChI is InChI=1S/C19H23N3O4/c1-15-4-6-16(7-5-15)26-14-19(25-2)8-11-22(13-19)17(23)12-21-10-3-9-20-18(21)24/h3-7,9-10H,8,11-14H2,1-2H3. The molecule has 1 aromatic carbocycles. The molecular formula is C19H23N3O4. The fourth-order valence-corrected chi connectivity index (χ4v) is 3.00. The number of aromatic nitrogens is 2. The summed E-state index contributed by atoms with van der Waals surface area (Å²) in [5.41, 5.74) is 0.198. The number of carbonyl (C=O) groups excluding carboxylic acids is 1. The summed E-state index contributed by atoms with van der Waals surface area (Å²) in [7, 11) is 1.64. The number of likely N-dealkylation sites (tertiary alicyclic amines) is 1. The van der Waals surface area contributed by atoms with Crippen molar-refractivity contribution in [3.05, 3.63) is 58.8 Å². The van der Waals surface area contributed by atoms with Gasteiger partial charge in [-0.25, -0.2) is 9.78 Å². The van der Waals surface area contributed by atoms with Crippen LogP contribution in [0, 0.1) is 6.92 Å². The minimum Gasteiger partial charge on any atom is -0.491 e. The first kappa shape index (κ1) is 18.1. The van der Waals surface area contributed by atoms with Crippen LogP contribution < -0.4 is 10.4 Å². The third-order valence-electron chi connectivity index (χ3n) is 4.71. The third-order valence-corrected chi connectivity index (χ3v) is 4.71. The Kier molecular flexibility index (Phi) is 5.37. The lowest BCUT2D eigenvalue weighted by molar-refractivity contribution is -0.132. The van der Waals surface area contributed by atoms with E-state index < -0.39 is 11.3 Å². The highest BCUT2D eigenvalue weighted by atomic mass is 16.5. The highest BCUT2D eigenvalue weighted by Gasteiger charge is 2.41. The average molecular weight is 357 g/mol. The van der Waals surface area contributed by atoms with Gasteiger partial charge in [0, 0.05) is 26.0 Å². The fraction of sp³-hybridized carbons (Fsp3) is 0.421. The van der Waals surface area contributed by atoms with Crippen molar-refractivity contribution in [3.8, 4) is 5.75 Å². The minimum absolute atomic E-state index is 0.0225. The molecule has 3 rings (SSSR count). The molecule has 0 spiro atoms. The van der Waals surface area contributed by atoms with E-state index in [9.17, 15) is 9.59 Å². The summed E-state index contributed by atoms with van der Waals surface area (Å²) in [6, 6.07) is 9.46. The van der Waals surface area contributed by atoms with Gasteiger partial charge in [-0.3, -0.25) is 9.36 Å². The van der Waals surface area contributed by atoms with Gasteiger partial charge in [0.15, 0.2) is 0 Å². The number of rotatable bonds is 6. The highest BCUT2D eigenvalue weighted by Crippen LogP contribution is 2.26. The minimum atomic E-state index is -0.541. The SMILES string of the molecule is COC1(COc2ccc(C)cc2)CCN(C(=O)Cn2cccnc2=O)C1. The molecule has 2 heterocycles. The van der Waals surface area contributed by atoms with Crippen LogP contribution in [0.2, 0.25) is 0 Å². The number of hydrogen-bond acceptors (Lipinski definition) is 5. The van der Waals surface area contributed by atoms with E-state index in [0.717, 1.165) is 5.75 Å². The van der Waals surface area contributed by atoms with Crippen molar-refractivity contribution in [3.63, 3.8) is 0 Å². The summed E-state index contributed by atoms with van der Waals surface area (Å²) in [5, 5.41) is 0. The largest absolute Gasteiger partial charge is 0.491 e. The van der Waals surface area contributed by atoms with Crippen molar-refractivity contribution >= 4 is 5.91 Å². The zero-order valence-electron chi connectivity index (χ0n) is 15.1. The van der Waals surface area contributed by atoms with Crippen molar-refractivity contribution in [2.45, 2.75) is 25.5 Å². The molecule has 1 amide bonds. The van der Waals surface area contributed by atoms with Crippen LogP contribution in [0.3, 0.4) is 0 Å². The quantitative estimate of drug-likeness (QED) is 0.778. The molecule has 2 aromatic rings. The van der Waals surface area contributed by atoms with E-state index in [1.54, 1.807) is 24.3 Å². The third kappa shape index (κ3) is 4.11. The highest BCUT2D eigenvalue weighted by molar-refractivity contribution is 5.76. The van der Waals surface area contributed by atoms with E-state index in [1.165, 1.54) is 16.3 Å². The van der Waals surface area contributed by atoms with Crippen LogP contribution >= 0.6 is 0 Å². The molecule has 1 aliphatic heterocycles. The number of ether oxygens (including phenoxy) is 2. The van der Waals surface area contributed by atoms with Gasteiger partial charge in [0.05, 0.1) is 6.54 Å². The van der Waals surface area contributed by atoms with Gasteiger partial charge in [0.2, 0.25) is 5.91 Å². The molecule has 138 valence electrons. The second kappa shape index (κ2) is 7.70. The van der Waals surface area contributed by atoms with Crippen LogP contribution in [0.25, 0.3) is 0 Å². The van der Waals surface area contributed by atoms with E-state index in [1.807, 2.05) is 31.2 Å². The van der Waals surface area contributed by atoms with E-state index in [2.05, 4.69) is 4.98 Å². The smallest absolute Gasteiger partial charge is 0.347 e. The molecule has 1 aromatic heterocycles. The van der Waals surface area contributed by atoms with Gasteiger partial charge in [0.1, 0.15) is 24.5 Å². The maximum Gasteiger partial charge on any atom is 0.347 e. The van der Waals surface area contributed by atoms with Crippen LogP contribution in [-0.2, 0) is 16.1 Å². The summed E-state index contributed by atoms with van der Waals surface area (Å²) >= 11 is 0. The number of carbonyl (C=O) groups is 1. The Morgan fingerprint density at radius 2 is 2.08 bits per heavy atom. The average Bonchev–Trinajstić information content (AvgIpc) is 3.08. The van der Waals surface area contributed by atoms with Gasteiger partial charge in [-0.15, -0.1) is 0 Å². The Bertz CT molecular complexity index is 818. The number of hydrogen-bond donors (Lipinski definition) is 0. The first-order chi connectivity index (χ1) is 12.5. The number of amides is 1. The molecule has 0 N–H and O–H groups in total. The molecule has 1 unspecified atom stereocenters. The number of benzene rings is 1. The van der Waals surface area contributed by atoms with E-state index >= 15 is 0 Å². The molecule has 0 saturated carbocycles. The maximum absolute atomic E-state index is 12.5. The molecule has 0 aliphatic carbocycles.